The van der Waals surface area contributed by atoms with Gasteiger partial charge in [-0.15, -0.1) is 11.8 Å². The van der Waals surface area contributed by atoms with Crippen LogP contribution >= 0.6 is 11.8 Å². The molecule has 1 heteroatoms. The lowest BCUT2D eigenvalue weighted by Gasteiger charge is -2.16. The van der Waals surface area contributed by atoms with Crippen molar-refractivity contribution in [3.63, 3.8) is 0 Å². The summed E-state index contributed by atoms with van der Waals surface area (Å²) in [5.41, 5.74) is 2.91. The molecule has 0 radical (unpaired) electrons. The van der Waals surface area contributed by atoms with Crippen LogP contribution in [-0.2, 0) is 0 Å². The molecule has 14 heavy (non-hydrogen) atoms. The standard InChI is InChI=1S/C13H16S/c1-9(2)8-12-10(3)14-13-7-5-4-6-11(12)13/h4-8,11,13H,1-3H3. The van der Waals surface area contributed by atoms with Crippen LogP contribution in [0.15, 0.2) is 46.4 Å². The normalized spacial score (nSPS) is 29.4. The zero-order chi connectivity index (χ0) is 10.1. The van der Waals surface area contributed by atoms with Gasteiger partial charge in [-0.1, -0.05) is 36.0 Å². The molecule has 1 aliphatic heterocycles. The molecule has 0 spiro atoms. The van der Waals surface area contributed by atoms with Crippen LogP contribution in [0.2, 0.25) is 0 Å². The molecule has 2 atom stereocenters. The Morgan fingerprint density at radius 1 is 1.29 bits per heavy atom. The first-order valence-electron chi connectivity index (χ1n) is 5.06. The minimum atomic E-state index is 0.611. The minimum absolute atomic E-state index is 0.611. The first kappa shape index (κ1) is 9.85. The van der Waals surface area contributed by atoms with Crippen LogP contribution in [0.25, 0.3) is 0 Å². The topological polar surface area (TPSA) is 0 Å². The molecule has 0 amide bonds. The minimum Gasteiger partial charge on any atom is -0.122 e. The number of fused-ring (bicyclic) bond motifs is 1. The van der Waals surface area contributed by atoms with E-state index in [1.807, 2.05) is 11.8 Å². The van der Waals surface area contributed by atoms with Gasteiger partial charge in [-0.3, -0.25) is 0 Å². The number of hydrogen-bond donors (Lipinski definition) is 0. The quantitative estimate of drug-likeness (QED) is 0.620. The molecule has 0 saturated carbocycles. The highest BCUT2D eigenvalue weighted by Gasteiger charge is 2.29. The lowest BCUT2D eigenvalue weighted by atomic mass is 9.91. The van der Waals surface area contributed by atoms with Gasteiger partial charge in [-0.2, -0.15) is 0 Å². The largest absolute Gasteiger partial charge is 0.122 e. The van der Waals surface area contributed by atoms with Gasteiger partial charge in [-0.25, -0.2) is 0 Å². The summed E-state index contributed by atoms with van der Waals surface area (Å²) >= 11 is 2.00. The molecule has 0 aromatic rings. The Kier molecular flexibility index (Phi) is 2.69. The van der Waals surface area contributed by atoms with Gasteiger partial charge in [0, 0.05) is 11.2 Å². The van der Waals surface area contributed by atoms with Gasteiger partial charge < -0.3 is 0 Å². The monoisotopic (exact) mass is 204 g/mol. The molecule has 0 aromatic carbocycles. The van der Waals surface area contributed by atoms with Crippen molar-refractivity contribution in [1.29, 1.82) is 0 Å². The summed E-state index contributed by atoms with van der Waals surface area (Å²) in [7, 11) is 0. The summed E-state index contributed by atoms with van der Waals surface area (Å²) in [5, 5.41) is 0.644. The van der Waals surface area contributed by atoms with Crippen molar-refractivity contribution in [3.8, 4) is 0 Å². The summed E-state index contributed by atoms with van der Waals surface area (Å²) in [6.07, 6.45) is 11.3. The molecule has 2 aliphatic rings. The van der Waals surface area contributed by atoms with E-state index in [2.05, 4.69) is 51.2 Å². The average Bonchev–Trinajstić information content (AvgIpc) is 2.43. The molecule has 1 aliphatic carbocycles. The second-order valence-corrected chi connectivity index (χ2v) is 5.50. The molecule has 0 saturated heterocycles. The van der Waals surface area contributed by atoms with E-state index in [4.69, 9.17) is 0 Å². The summed E-state index contributed by atoms with van der Waals surface area (Å²) in [6.45, 7) is 6.57. The molecule has 0 aromatic heterocycles. The third-order valence-electron chi connectivity index (χ3n) is 2.61. The molecular formula is C13H16S. The third-order valence-corrected chi connectivity index (χ3v) is 3.92. The van der Waals surface area contributed by atoms with Gasteiger partial charge in [0.05, 0.1) is 0 Å². The van der Waals surface area contributed by atoms with Crippen LogP contribution < -0.4 is 0 Å². The van der Waals surface area contributed by atoms with E-state index < -0.39 is 0 Å². The van der Waals surface area contributed by atoms with Crippen LogP contribution in [-0.4, -0.2) is 5.25 Å². The van der Waals surface area contributed by atoms with E-state index in [1.165, 1.54) is 16.1 Å². The summed E-state index contributed by atoms with van der Waals surface area (Å²) in [6, 6.07) is 0. The molecule has 0 fully saturated rings. The highest BCUT2D eigenvalue weighted by Crippen LogP contribution is 2.45. The van der Waals surface area contributed by atoms with Crippen molar-refractivity contribution in [2.45, 2.75) is 26.0 Å². The van der Waals surface area contributed by atoms with Crippen molar-refractivity contribution >= 4 is 11.8 Å². The van der Waals surface area contributed by atoms with Crippen molar-refractivity contribution in [3.05, 3.63) is 46.4 Å². The number of allylic oxidation sites excluding steroid dienone is 7. The molecule has 0 nitrogen and oxygen atoms in total. The van der Waals surface area contributed by atoms with Gasteiger partial charge >= 0.3 is 0 Å². The van der Waals surface area contributed by atoms with Gasteiger partial charge in [0.25, 0.3) is 0 Å². The Morgan fingerprint density at radius 2 is 2.00 bits per heavy atom. The molecule has 2 unspecified atom stereocenters. The molecule has 1 heterocycles. The zero-order valence-electron chi connectivity index (χ0n) is 8.95. The van der Waals surface area contributed by atoms with E-state index >= 15 is 0 Å². The first-order chi connectivity index (χ1) is 6.68. The molecule has 0 bridgehead atoms. The fourth-order valence-electron chi connectivity index (χ4n) is 2.00. The van der Waals surface area contributed by atoms with Crippen molar-refractivity contribution in [1.82, 2.24) is 0 Å². The van der Waals surface area contributed by atoms with Gasteiger partial charge in [0.1, 0.15) is 0 Å². The zero-order valence-corrected chi connectivity index (χ0v) is 9.77. The van der Waals surface area contributed by atoms with Crippen molar-refractivity contribution in [2.75, 3.05) is 0 Å². The maximum Gasteiger partial charge on any atom is 0.0378 e. The van der Waals surface area contributed by atoms with Crippen LogP contribution in [0, 0.1) is 5.92 Å². The predicted octanol–water partition coefficient (Wildman–Crippen LogP) is 4.08. The summed E-state index contributed by atoms with van der Waals surface area (Å²) in [5.74, 6) is 0.611. The van der Waals surface area contributed by atoms with Gasteiger partial charge in [0.15, 0.2) is 0 Å². The number of rotatable bonds is 1. The van der Waals surface area contributed by atoms with E-state index in [9.17, 15) is 0 Å². The van der Waals surface area contributed by atoms with Gasteiger partial charge in [-0.05, 0) is 31.2 Å². The highest BCUT2D eigenvalue weighted by atomic mass is 32.2. The lowest BCUT2D eigenvalue weighted by molar-refractivity contribution is 0.816. The number of thioether (sulfide) groups is 1. The predicted molar refractivity (Wildman–Crippen MR) is 65.3 cm³/mol. The van der Waals surface area contributed by atoms with Crippen LogP contribution in [0.4, 0.5) is 0 Å². The van der Waals surface area contributed by atoms with E-state index in [-0.39, 0.29) is 0 Å². The number of hydrogen-bond acceptors (Lipinski definition) is 1. The SMILES string of the molecule is CC(C)=CC1=C(C)SC2C=CC=CC12. The van der Waals surface area contributed by atoms with Crippen LogP contribution in [0.3, 0.4) is 0 Å². The molecule has 2 rings (SSSR count). The fourth-order valence-corrected chi connectivity index (χ4v) is 3.29. The second kappa shape index (κ2) is 3.82. The Hall–Kier alpha value is -0.690. The second-order valence-electron chi connectivity index (χ2n) is 4.11. The Balaban J connectivity index is 2.32. The Labute approximate surface area is 90.5 Å². The van der Waals surface area contributed by atoms with Crippen molar-refractivity contribution in [2.24, 2.45) is 5.92 Å². The van der Waals surface area contributed by atoms with Gasteiger partial charge in [0.2, 0.25) is 0 Å². The Morgan fingerprint density at radius 3 is 2.71 bits per heavy atom. The Bertz CT molecular complexity index is 351. The molecular weight excluding hydrogens is 188 g/mol. The molecule has 74 valence electrons. The summed E-state index contributed by atoms with van der Waals surface area (Å²) < 4.78 is 0. The van der Waals surface area contributed by atoms with E-state index in [0.29, 0.717) is 11.2 Å². The molecule has 0 N–H and O–H groups in total. The smallest absolute Gasteiger partial charge is 0.0378 e. The van der Waals surface area contributed by atoms with Crippen LogP contribution in [0.5, 0.6) is 0 Å². The maximum absolute atomic E-state index is 2.33. The first-order valence-corrected chi connectivity index (χ1v) is 5.94. The van der Waals surface area contributed by atoms with Crippen LogP contribution in [0.1, 0.15) is 20.8 Å². The third kappa shape index (κ3) is 1.74. The van der Waals surface area contributed by atoms with E-state index in [1.54, 1.807) is 0 Å². The van der Waals surface area contributed by atoms with Crippen molar-refractivity contribution < 1.29 is 0 Å². The maximum atomic E-state index is 2.33. The lowest BCUT2D eigenvalue weighted by Crippen LogP contribution is -2.11. The average molecular weight is 204 g/mol. The van der Waals surface area contributed by atoms with E-state index in [0.717, 1.165) is 0 Å². The summed E-state index contributed by atoms with van der Waals surface area (Å²) in [4.78, 5) is 1.48. The fraction of sp³-hybridized carbons (Fsp3) is 0.385. The highest BCUT2D eigenvalue weighted by molar-refractivity contribution is 8.04.